The van der Waals surface area contributed by atoms with E-state index in [0.29, 0.717) is 0 Å². The van der Waals surface area contributed by atoms with Gasteiger partial charge in [0.15, 0.2) is 0 Å². The minimum Gasteiger partial charge on any atom is -0.226 e. The van der Waals surface area contributed by atoms with Crippen LogP contribution < -0.4 is 0 Å². The minimum absolute atomic E-state index is 0. The first kappa shape index (κ1) is 39.2. The predicted octanol–water partition coefficient (Wildman–Crippen LogP) is 9.60. The van der Waals surface area contributed by atoms with Crippen molar-refractivity contribution in [3.63, 3.8) is 0 Å². The molecule has 36 heavy (non-hydrogen) atoms. The Morgan fingerprint density at radius 2 is 1.03 bits per heavy atom. The van der Waals surface area contributed by atoms with Crippen LogP contribution in [0, 0.1) is 50.0 Å². The molecule has 0 bridgehead atoms. The molecule has 0 fully saturated rings. The van der Waals surface area contributed by atoms with Gasteiger partial charge in [0, 0.05) is 65.4 Å². The van der Waals surface area contributed by atoms with Crippen molar-refractivity contribution in [2.24, 2.45) is 0 Å². The fourth-order valence-corrected chi connectivity index (χ4v) is 2.66. The van der Waals surface area contributed by atoms with Crippen LogP contribution in [-0.2, 0) is 65.4 Å². The smallest absolute Gasteiger partial charge is 0 e. The van der Waals surface area contributed by atoms with Crippen molar-refractivity contribution in [3.8, 4) is 34.1 Å². The summed E-state index contributed by atoms with van der Waals surface area (Å²) in [5.41, 5.74) is 6.87. The molecule has 0 aliphatic heterocycles. The average Bonchev–Trinajstić information content (AvgIpc) is 2.93. The molecule has 0 nitrogen and oxygen atoms in total. The summed E-state index contributed by atoms with van der Waals surface area (Å²) in [7, 11) is 0. The molecule has 4 rings (SSSR count). The SMILES string of the molecule is CC.CC.CC#CC.Cc1[c-]c(-c2[c-]cccc2)ccc1.Cc1ccc[c-]c1-c1[c-]cccc1.[Y].[Y]. The molecule has 184 valence electrons. The summed E-state index contributed by atoms with van der Waals surface area (Å²) in [6.07, 6.45) is 0. The quantitative estimate of drug-likeness (QED) is 0.154. The predicted molar refractivity (Wildman–Crippen MR) is 150 cm³/mol. The number of benzene rings is 4. The normalized spacial score (nSPS) is 7.89. The zero-order valence-corrected chi connectivity index (χ0v) is 28.9. The molecule has 2 heteroatoms. The molecular formula is C34H38Y2-4. The maximum absolute atomic E-state index is 3.29. The molecule has 4 aromatic rings. The Bertz CT molecular complexity index is 1070. The number of hydrogen-bond donors (Lipinski definition) is 0. The second-order valence-corrected chi connectivity index (χ2v) is 6.53. The first-order valence-corrected chi connectivity index (χ1v) is 11.9. The van der Waals surface area contributed by atoms with E-state index in [1.165, 1.54) is 5.56 Å². The van der Waals surface area contributed by atoms with E-state index in [-0.39, 0.29) is 65.4 Å². The summed E-state index contributed by atoms with van der Waals surface area (Å²) in [5.74, 6) is 5.36. The molecule has 0 amide bonds. The topological polar surface area (TPSA) is 0 Å². The zero-order chi connectivity index (χ0) is 25.6. The molecule has 2 radical (unpaired) electrons. The van der Waals surface area contributed by atoms with Crippen molar-refractivity contribution < 1.29 is 65.4 Å². The van der Waals surface area contributed by atoms with Gasteiger partial charge in [0.1, 0.15) is 0 Å². The van der Waals surface area contributed by atoms with Crippen molar-refractivity contribution in [2.75, 3.05) is 0 Å². The maximum Gasteiger partial charge on any atom is 0 e. The first-order chi connectivity index (χ1) is 16.7. The summed E-state index contributed by atoms with van der Waals surface area (Å²) in [5, 5.41) is 0. The molecule has 0 atom stereocenters. The van der Waals surface area contributed by atoms with Crippen LogP contribution in [-0.4, -0.2) is 0 Å². The Labute approximate surface area is 272 Å². The minimum atomic E-state index is 0. The number of aryl methyl sites for hydroxylation is 2. The van der Waals surface area contributed by atoms with E-state index in [1.54, 1.807) is 0 Å². The second kappa shape index (κ2) is 26.7. The van der Waals surface area contributed by atoms with E-state index in [2.05, 4.69) is 61.2 Å². The summed E-state index contributed by atoms with van der Waals surface area (Å²) >= 11 is 0. The van der Waals surface area contributed by atoms with Gasteiger partial charge < -0.3 is 0 Å². The zero-order valence-electron chi connectivity index (χ0n) is 23.2. The third kappa shape index (κ3) is 16.4. The van der Waals surface area contributed by atoms with E-state index in [9.17, 15) is 0 Å². The number of rotatable bonds is 2. The maximum atomic E-state index is 3.29. The number of hydrogen-bond acceptors (Lipinski definition) is 0. The van der Waals surface area contributed by atoms with Gasteiger partial charge >= 0.3 is 0 Å². The van der Waals surface area contributed by atoms with E-state index in [4.69, 9.17) is 0 Å². The molecule has 0 aromatic heterocycles. The van der Waals surface area contributed by atoms with Crippen LogP contribution in [0.3, 0.4) is 0 Å². The monoisotopic (exact) mass is 624 g/mol. The molecule has 0 saturated carbocycles. The molecule has 0 saturated heterocycles. The Kier molecular flexibility index (Phi) is 29.1. The van der Waals surface area contributed by atoms with Gasteiger partial charge in [-0.1, -0.05) is 41.5 Å². The van der Waals surface area contributed by atoms with Gasteiger partial charge in [-0.05, 0) is 13.8 Å². The van der Waals surface area contributed by atoms with Crippen LogP contribution in [0.1, 0.15) is 52.7 Å². The second-order valence-electron chi connectivity index (χ2n) is 6.53. The van der Waals surface area contributed by atoms with Crippen LogP contribution in [0.25, 0.3) is 22.3 Å². The molecule has 4 aromatic carbocycles. The fourth-order valence-electron chi connectivity index (χ4n) is 2.66. The Hall–Kier alpha value is -1.35. The van der Waals surface area contributed by atoms with Crippen molar-refractivity contribution in [2.45, 2.75) is 55.4 Å². The van der Waals surface area contributed by atoms with Crippen LogP contribution in [0.5, 0.6) is 0 Å². The van der Waals surface area contributed by atoms with Crippen LogP contribution >= 0.6 is 0 Å². The van der Waals surface area contributed by atoms with Crippen LogP contribution in [0.4, 0.5) is 0 Å². The van der Waals surface area contributed by atoms with E-state index in [1.807, 2.05) is 115 Å². The van der Waals surface area contributed by atoms with E-state index >= 15 is 0 Å². The molecular weight excluding hydrogens is 586 g/mol. The van der Waals surface area contributed by atoms with Gasteiger partial charge in [-0.3, -0.25) is 0 Å². The summed E-state index contributed by atoms with van der Waals surface area (Å²) in [6, 6.07) is 41.0. The van der Waals surface area contributed by atoms with Crippen molar-refractivity contribution >= 4 is 0 Å². The largest absolute Gasteiger partial charge is 0.226 e. The van der Waals surface area contributed by atoms with E-state index < -0.39 is 0 Å². The van der Waals surface area contributed by atoms with Gasteiger partial charge in [0.2, 0.25) is 0 Å². The third-order valence-electron chi connectivity index (χ3n) is 4.23. The van der Waals surface area contributed by atoms with Crippen molar-refractivity contribution in [1.82, 2.24) is 0 Å². The third-order valence-corrected chi connectivity index (χ3v) is 4.23. The van der Waals surface area contributed by atoms with Gasteiger partial charge in [0.05, 0.1) is 0 Å². The van der Waals surface area contributed by atoms with E-state index in [0.717, 1.165) is 27.8 Å². The van der Waals surface area contributed by atoms with Gasteiger partial charge in [-0.2, -0.15) is 90.5 Å². The molecule has 0 aliphatic rings. The Morgan fingerprint density at radius 3 is 1.47 bits per heavy atom. The van der Waals surface area contributed by atoms with Crippen molar-refractivity contribution in [3.05, 3.63) is 120 Å². The summed E-state index contributed by atoms with van der Waals surface area (Å²) in [4.78, 5) is 0. The van der Waals surface area contributed by atoms with Gasteiger partial charge in [-0.25, -0.2) is 22.3 Å². The summed E-state index contributed by atoms with van der Waals surface area (Å²) in [6.45, 7) is 15.8. The Balaban J connectivity index is -0.000000452. The first-order valence-electron chi connectivity index (χ1n) is 11.9. The molecule has 0 N–H and O–H groups in total. The summed E-state index contributed by atoms with van der Waals surface area (Å²) < 4.78 is 0. The van der Waals surface area contributed by atoms with Crippen molar-refractivity contribution in [1.29, 1.82) is 0 Å². The Morgan fingerprint density at radius 1 is 0.528 bits per heavy atom. The van der Waals surface area contributed by atoms with Gasteiger partial charge in [0.25, 0.3) is 0 Å². The van der Waals surface area contributed by atoms with Gasteiger partial charge in [-0.15, -0.1) is 41.7 Å². The molecule has 0 spiro atoms. The molecule has 0 heterocycles. The fraction of sp³-hybridized carbons (Fsp3) is 0.235. The standard InChI is InChI=1S/2C13H10.C4H6.2C2H6.2Y/c1-11-7-5-6-10-13(11)12-8-3-2-4-9-12;1-11-6-5-9-13(10-11)12-7-3-2-4-8-12;1-3-4-2;2*1-2;;/h2-8H,1H3;2-7,9H,1H3;1-2H3;2*1-2H3;;/q2*-2;;;;;. The van der Waals surface area contributed by atoms with Crippen LogP contribution in [0.2, 0.25) is 0 Å². The van der Waals surface area contributed by atoms with Crippen LogP contribution in [0.15, 0.2) is 84.9 Å². The molecule has 0 aliphatic carbocycles. The molecule has 0 unspecified atom stereocenters. The average molecular weight is 624 g/mol.